The fourth-order valence-electron chi connectivity index (χ4n) is 3.49. The highest BCUT2D eigenvalue weighted by atomic mass is 32.2. The Balaban J connectivity index is 1.38. The SMILES string of the molecule is O=C(NCc1n[nH]c(=S)n1C1CC1)c1ccc2c(c1)S(=O)(=O)N(C1CC1)C2=O. The van der Waals surface area contributed by atoms with E-state index in [9.17, 15) is 18.0 Å². The number of aromatic nitrogens is 3. The molecule has 0 radical (unpaired) electrons. The quantitative estimate of drug-likeness (QED) is 0.710. The fourth-order valence-corrected chi connectivity index (χ4v) is 5.63. The van der Waals surface area contributed by atoms with E-state index < -0.39 is 21.8 Å². The molecule has 3 aliphatic rings. The van der Waals surface area contributed by atoms with Crippen LogP contribution in [0.5, 0.6) is 0 Å². The van der Waals surface area contributed by atoms with Crippen LogP contribution < -0.4 is 5.32 Å². The molecule has 2 saturated carbocycles. The van der Waals surface area contributed by atoms with Gasteiger partial charge in [-0.25, -0.2) is 12.7 Å². The number of amides is 2. The highest BCUT2D eigenvalue weighted by Gasteiger charge is 2.48. The van der Waals surface area contributed by atoms with Gasteiger partial charge in [-0.3, -0.25) is 19.3 Å². The van der Waals surface area contributed by atoms with E-state index in [0.29, 0.717) is 29.5 Å². The minimum Gasteiger partial charge on any atom is -0.345 e. The number of hydrogen-bond donors (Lipinski definition) is 2. The Kier molecular flexibility index (Phi) is 3.75. The predicted molar refractivity (Wildman–Crippen MR) is 99.7 cm³/mol. The first kappa shape index (κ1) is 17.6. The molecule has 2 amide bonds. The van der Waals surface area contributed by atoms with Gasteiger partial charge in [0, 0.05) is 17.6 Å². The van der Waals surface area contributed by atoms with E-state index in [1.54, 1.807) is 0 Å². The molecule has 0 spiro atoms. The smallest absolute Gasteiger partial charge is 0.269 e. The Morgan fingerprint density at radius 1 is 1.25 bits per heavy atom. The molecule has 0 unspecified atom stereocenters. The van der Waals surface area contributed by atoms with Crippen molar-refractivity contribution in [3.05, 3.63) is 39.9 Å². The monoisotopic (exact) mass is 419 g/mol. The van der Waals surface area contributed by atoms with Gasteiger partial charge < -0.3 is 5.32 Å². The number of rotatable bonds is 5. The maximum absolute atomic E-state index is 12.7. The zero-order valence-corrected chi connectivity index (χ0v) is 16.3. The van der Waals surface area contributed by atoms with Crippen molar-refractivity contribution in [3.8, 4) is 0 Å². The average Bonchev–Trinajstić information content (AvgIpc) is 3.59. The molecule has 9 nitrogen and oxygen atoms in total. The zero-order valence-electron chi connectivity index (χ0n) is 14.7. The lowest BCUT2D eigenvalue weighted by Gasteiger charge is -2.13. The summed E-state index contributed by atoms with van der Waals surface area (Å²) in [7, 11) is -3.89. The van der Waals surface area contributed by atoms with Crippen LogP contribution in [-0.2, 0) is 16.6 Å². The van der Waals surface area contributed by atoms with Gasteiger partial charge in [-0.15, -0.1) is 0 Å². The number of sulfonamides is 1. The standard InChI is InChI=1S/C17H17N5O4S2/c23-15(18-8-14-19-20-17(27)21(14)10-2-3-10)9-1-6-12-13(7-9)28(25,26)22(16(12)24)11-4-5-11/h1,6-7,10-11H,2-5,8H2,(H,18,23)(H,20,27). The second kappa shape index (κ2) is 5.98. The number of nitrogens with zero attached hydrogens (tertiary/aromatic N) is 3. The van der Waals surface area contributed by atoms with Crippen molar-refractivity contribution in [3.63, 3.8) is 0 Å². The minimum atomic E-state index is -3.89. The van der Waals surface area contributed by atoms with Crippen LogP contribution in [0.25, 0.3) is 0 Å². The molecule has 146 valence electrons. The molecule has 2 heterocycles. The Hall–Kier alpha value is -2.53. The molecule has 28 heavy (non-hydrogen) atoms. The van der Waals surface area contributed by atoms with E-state index >= 15 is 0 Å². The van der Waals surface area contributed by atoms with Gasteiger partial charge in [0.15, 0.2) is 10.6 Å². The summed E-state index contributed by atoms with van der Waals surface area (Å²) in [5.74, 6) is -0.319. The van der Waals surface area contributed by atoms with E-state index in [0.717, 1.165) is 17.1 Å². The summed E-state index contributed by atoms with van der Waals surface area (Å²) in [5, 5.41) is 9.63. The topological polar surface area (TPSA) is 117 Å². The van der Waals surface area contributed by atoms with Gasteiger partial charge >= 0.3 is 0 Å². The first-order valence-corrected chi connectivity index (χ1v) is 10.9. The highest BCUT2D eigenvalue weighted by molar-refractivity contribution is 7.90. The second-order valence-corrected chi connectivity index (χ2v) is 9.45. The number of nitrogens with one attached hydrogen (secondary N) is 2. The zero-order chi connectivity index (χ0) is 19.6. The molecular weight excluding hydrogens is 402 g/mol. The van der Waals surface area contributed by atoms with Crippen molar-refractivity contribution in [2.75, 3.05) is 0 Å². The first-order valence-electron chi connectivity index (χ1n) is 9.04. The summed E-state index contributed by atoms with van der Waals surface area (Å²) in [6.07, 6.45) is 3.43. The molecule has 2 N–H and O–H groups in total. The molecule has 2 aliphatic carbocycles. The van der Waals surface area contributed by atoms with Crippen molar-refractivity contribution in [2.45, 2.75) is 49.2 Å². The third-order valence-electron chi connectivity index (χ3n) is 5.19. The lowest BCUT2D eigenvalue weighted by atomic mass is 10.1. The first-order chi connectivity index (χ1) is 13.4. The molecular formula is C17H17N5O4S2. The van der Waals surface area contributed by atoms with Crippen LogP contribution in [0.3, 0.4) is 0 Å². The largest absolute Gasteiger partial charge is 0.345 e. The fraction of sp³-hybridized carbons (Fsp3) is 0.412. The molecule has 0 atom stereocenters. The summed E-state index contributed by atoms with van der Waals surface area (Å²) in [6.45, 7) is 0.166. The maximum Gasteiger partial charge on any atom is 0.269 e. The Morgan fingerprint density at radius 3 is 2.64 bits per heavy atom. The van der Waals surface area contributed by atoms with Gasteiger partial charge in [-0.1, -0.05) is 0 Å². The van der Waals surface area contributed by atoms with Crippen LogP contribution in [0, 0.1) is 4.77 Å². The van der Waals surface area contributed by atoms with Crippen LogP contribution >= 0.6 is 12.2 Å². The highest BCUT2D eigenvalue weighted by Crippen LogP contribution is 2.39. The third-order valence-corrected chi connectivity index (χ3v) is 7.35. The van der Waals surface area contributed by atoms with Crippen LogP contribution in [0.15, 0.2) is 23.1 Å². The van der Waals surface area contributed by atoms with Gasteiger partial charge in [0.25, 0.3) is 21.8 Å². The number of carbonyl (C=O) groups is 2. The van der Waals surface area contributed by atoms with Crippen molar-refractivity contribution in [1.82, 2.24) is 24.4 Å². The van der Waals surface area contributed by atoms with Crippen molar-refractivity contribution >= 4 is 34.1 Å². The Labute approximate surface area is 165 Å². The normalized spacial score (nSPS) is 20.3. The second-order valence-electron chi connectivity index (χ2n) is 7.28. The summed E-state index contributed by atoms with van der Waals surface area (Å²) >= 11 is 5.22. The van der Waals surface area contributed by atoms with Gasteiger partial charge in [0.05, 0.1) is 12.1 Å². The van der Waals surface area contributed by atoms with Crippen molar-refractivity contribution < 1.29 is 18.0 Å². The molecule has 1 aromatic heterocycles. The molecule has 1 aliphatic heterocycles. The van der Waals surface area contributed by atoms with Gasteiger partial charge in [0.1, 0.15) is 4.90 Å². The summed E-state index contributed by atoms with van der Waals surface area (Å²) < 4.78 is 28.8. The van der Waals surface area contributed by atoms with E-state index in [4.69, 9.17) is 12.2 Å². The van der Waals surface area contributed by atoms with Crippen LogP contribution in [0.4, 0.5) is 0 Å². The molecule has 0 bridgehead atoms. The van der Waals surface area contributed by atoms with Gasteiger partial charge in [0.2, 0.25) is 0 Å². The Morgan fingerprint density at radius 2 is 1.96 bits per heavy atom. The predicted octanol–water partition coefficient (Wildman–Crippen LogP) is 1.51. The van der Waals surface area contributed by atoms with Gasteiger partial charge in [-0.05, 0) is 56.1 Å². The maximum atomic E-state index is 12.7. The number of carbonyl (C=O) groups excluding carboxylic acids is 2. The number of hydrogen-bond acceptors (Lipinski definition) is 6. The third kappa shape index (κ3) is 2.68. The van der Waals surface area contributed by atoms with E-state index in [-0.39, 0.29) is 28.6 Å². The average molecular weight is 419 g/mol. The van der Waals surface area contributed by atoms with E-state index in [1.165, 1.54) is 18.2 Å². The summed E-state index contributed by atoms with van der Waals surface area (Å²) in [6, 6.07) is 4.22. The Bertz CT molecular complexity index is 1170. The number of fused-ring (bicyclic) bond motifs is 1. The lowest BCUT2D eigenvalue weighted by Crippen LogP contribution is -2.32. The molecule has 11 heteroatoms. The van der Waals surface area contributed by atoms with Crippen LogP contribution in [0.1, 0.15) is 58.3 Å². The summed E-state index contributed by atoms with van der Waals surface area (Å²) in [4.78, 5) is 24.9. The lowest BCUT2D eigenvalue weighted by molar-refractivity contribution is 0.0863. The number of H-pyrrole nitrogens is 1. The van der Waals surface area contributed by atoms with Crippen molar-refractivity contribution in [2.24, 2.45) is 0 Å². The van der Waals surface area contributed by atoms with Crippen LogP contribution in [-0.4, -0.2) is 45.3 Å². The number of benzene rings is 1. The van der Waals surface area contributed by atoms with E-state index in [2.05, 4.69) is 15.5 Å². The van der Waals surface area contributed by atoms with E-state index in [1.807, 2.05) is 4.57 Å². The molecule has 2 fully saturated rings. The molecule has 2 aromatic rings. The minimum absolute atomic E-state index is 0.0993. The van der Waals surface area contributed by atoms with Gasteiger partial charge in [-0.2, -0.15) is 5.10 Å². The molecule has 0 saturated heterocycles. The molecule has 1 aromatic carbocycles. The number of aromatic amines is 1. The molecule has 5 rings (SSSR count). The summed E-state index contributed by atoms with van der Waals surface area (Å²) in [5.41, 5.74) is 0.304. The van der Waals surface area contributed by atoms with Crippen molar-refractivity contribution in [1.29, 1.82) is 0 Å². The van der Waals surface area contributed by atoms with Crippen LogP contribution in [0.2, 0.25) is 0 Å².